The first-order chi connectivity index (χ1) is 9.58. The first-order valence-corrected chi connectivity index (χ1v) is 7.46. The molecule has 114 valence electrons. The lowest BCUT2D eigenvalue weighted by molar-refractivity contribution is 0.694. The van der Waals surface area contributed by atoms with E-state index in [9.17, 15) is 0 Å². The minimum absolute atomic E-state index is 0.655. The second kappa shape index (κ2) is 8.55. The smallest absolute Gasteiger partial charge is 0.231 e. The van der Waals surface area contributed by atoms with Crippen LogP contribution in [0.3, 0.4) is 0 Å². The van der Waals surface area contributed by atoms with Gasteiger partial charge in [0.25, 0.3) is 0 Å². The van der Waals surface area contributed by atoms with E-state index in [0.29, 0.717) is 11.9 Å². The van der Waals surface area contributed by atoms with Gasteiger partial charge in [0.05, 0.1) is 0 Å². The Labute approximate surface area is 122 Å². The van der Waals surface area contributed by atoms with Gasteiger partial charge in [-0.3, -0.25) is 0 Å². The summed E-state index contributed by atoms with van der Waals surface area (Å²) in [4.78, 5) is 17.4. The molecule has 0 aliphatic heterocycles. The summed E-state index contributed by atoms with van der Waals surface area (Å²) in [5, 5.41) is 3.24. The maximum Gasteiger partial charge on any atom is 0.231 e. The summed E-state index contributed by atoms with van der Waals surface area (Å²) in [5.74, 6) is 2.08. The SMILES string of the molecule is CCCCCN(C)c1nc(NCCC)nc(N(C)C)n1. The van der Waals surface area contributed by atoms with E-state index >= 15 is 0 Å². The zero-order chi connectivity index (χ0) is 15.0. The van der Waals surface area contributed by atoms with Crippen molar-refractivity contribution in [1.82, 2.24) is 15.0 Å². The highest BCUT2D eigenvalue weighted by molar-refractivity contribution is 5.44. The van der Waals surface area contributed by atoms with E-state index in [1.807, 2.05) is 26.0 Å². The quantitative estimate of drug-likeness (QED) is 0.701. The highest BCUT2D eigenvalue weighted by Crippen LogP contribution is 2.14. The molecule has 1 rings (SSSR count). The Kier molecular flexibility index (Phi) is 7.04. The zero-order valence-corrected chi connectivity index (χ0v) is 13.5. The molecule has 0 saturated carbocycles. The fourth-order valence-electron chi connectivity index (χ4n) is 1.74. The third-order valence-electron chi connectivity index (χ3n) is 2.98. The van der Waals surface area contributed by atoms with Gasteiger partial charge in [0.1, 0.15) is 0 Å². The molecule has 0 aliphatic carbocycles. The molecule has 0 radical (unpaired) electrons. The van der Waals surface area contributed by atoms with Gasteiger partial charge in [0.15, 0.2) is 0 Å². The molecule has 0 aromatic carbocycles. The summed E-state index contributed by atoms with van der Waals surface area (Å²) in [6.45, 7) is 6.17. The van der Waals surface area contributed by atoms with Gasteiger partial charge in [-0.1, -0.05) is 26.7 Å². The largest absolute Gasteiger partial charge is 0.354 e. The fraction of sp³-hybridized carbons (Fsp3) is 0.786. The maximum atomic E-state index is 4.51. The molecule has 20 heavy (non-hydrogen) atoms. The minimum atomic E-state index is 0.655. The summed E-state index contributed by atoms with van der Waals surface area (Å²) >= 11 is 0. The van der Waals surface area contributed by atoms with Crippen LogP contribution < -0.4 is 15.1 Å². The predicted octanol–water partition coefficient (Wildman–Crippen LogP) is 2.39. The maximum absolute atomic E-state index is 4.51. The second-order valence-electron chi connectivity index (χ2n) is 5.21. The number of hydrogen-bond donors (Lipinski definition) is 1. The molecular weight excluding hydrogens is 252 g/mol. The topological polar surface area (TPSA) is 57.2 Å². The third kappa shape index (κ3) is 5.19. The Balaban J connectivity index is 2.84. The number of nitrogens with zero attached hydrogens (tertiary/aromatic N) is 5. The van der Waals surface area contributed by atoms with Gasteiger partial charge < -0.3 is 15.1 Å². The molecular formula is C14H28N6. The van der Waals surface area contributed by atoms with Crippen LogP contribution in [0.5, 0.6) is 0 Å². The van der Waals surface area contributed by atoms with Crippen LogP contribution in [0.4, 0.5) is 17.8 Å². The number of aromatic nitrogens is 3. The molecule has 0 aliphatic rings. The van der Waals surface area contributed by atoms with Gasteiger partial charge in [-0.2, -0.15) is 15.0 Å². The number of hydrogen-bond acceptors (Lipinski definition) is 6. The zero-order valence-electron chi connectivity index (χ0n) is 13.5. The van der Waals surface area contributed by atoms with Crippen molar-refractivity contribution >= 4 is 17.8 Å². The molecule has 0 atom stereocenters. The average molecular weight is 280 g/mol. The molecule has 1 N–H and O–H groups in total. The highest BCUT2D eigenvalue weighted by Gasteiger charge is 2.11. The molecule has 1 heterocycles. The van der Waals surface area contributed by atoms with Crippen LogP contribution in [0, 0.1) is 0 Å². The summed E-state index contributed by atoms with van der Waals surface area (Å²) in [7, 11) is 5.92. The van der Waals surface area contributed by atoms with E-state index in [0.717, 1.165) is 31.9 Å². The Morgan fingerprint density at radius 3 is 2.20 bits per heavy atom. The van der Waals surface area contributed by atoms with Crippen LogP contribution in [0.2, 0.25) is 0 Å². The monoisotopic (exact) mass is 280 g/mol. The van der Waals surface area contributed by atoms with Crippen molar-refractivity contribution in [3.63, 3.8) is 0 Å². The molecule has 0 saturated heterocycles. The standard InChI is InChI=1S/C14H28N6/c1-6-8-9-11-20(5)14-17-12(15-10-7-2)16-13(18-14)19(3)4/h6-11H2,1-5H3,(H,15,16,17,18). The van der Waals surface area contributed by atoms with Crippen molar-refractivity contribution in [1.29, 1.82) is 0 Å². The molecule has 0 amide bonds. The second-order valence-corrected chi connectivity index (χ2v) is 5.21. The number of unbranched alkanes of at least 4 members (excludes halogenated alkanes) is 2. The van der Waals surface area contributed by atoms with Crippen LogP contribution >= 0.6 is 0 Å². The summed E-state index contributed by atoms with van der Waals surface area (Å²) in [5.41, 5.74) is 0. The number of nitrogens with one attached hydrogen (secondary N) is 1. The number of rotatable bonds is 9. The van der Waals surface area contributed by atoms with E-state index in [1.54, 1.807) is 0 Å². The van der Waals surface area contributed by atoms with Crippen molar-refractivity contribution in [2.45, 2.75) is 39.5 Å². The van der Waals surface area contributed by atoms with Crippen molar-refractivity contribution < 1.29 is 0 Å². The fourth-order valence-corrected chi connectivity index (χ4v) is 1.74. The molecule has 1 aromatic heterocycles. The summed E-state index contributed by atoms with van der Waals surface area (Å²) < 4.78 is 0. The van der Waals surface area contributed by atoms with Crippen LogP contribution in [0.1, 0.15) is 39.5 Å². The van der Waals surface area contributed by atoms with Gasteiger partial charge in [0.2, 0.25) is 17.8 Å². The van der Waals surface area contributed by atoms with E-state index in [2.05, 4.69) is 39.0 Å². The van der Waals surface area contributed by atoms with E-state index in [1.165, 1.54) is 12.8 Å². The molecule has 0 spiro atoms. The third-order valence-corrected chi connectivity index (χ3v) is 2.98. The Hall–Kier alpha value is -1.59. The lowest BCUT2D eigenvalue weighted by Crippen LogP contribution is -2.24. The first-order valence-electron chi connectivity index (χ1n) is 7.46. The van der Waals surface area contributed by atoms with Gasteiger partial charge >= 0.3 is 0 Å². The first kappa shape index (κ1) is 16.5. The van der Waals surface area contributed by atoms with Crippen molar-refractivity contribution in [2.75, 3.05) is 49.3 Å². The molecule has 0 fully saturated rings. The predicted molar refractivity (Wildman–Crippen MR) is 85.7 cm³/mol. The van der Waals surface area contributed by atoms with Crippen LogP contribution in [-0.2, 0) is 0 Å². The van der Waals surface area contributed by atoms with Gasteiger partial charge in [-0.15, -0.1) is 0 Å². The van der Waals surface area contributed by atoms with E-state index < -0.39 is 0 Å². The Bertz CT molecular complexity index is 393. The van der Waals surface area contributed by atoms with Gasteiger partial charge in [-0.05, 0) is 12.8 Å². The highest BCUT2D eigenvalue weighted by atomic mass is 15.3. The van der Waals surface area contributed by atoms with Gasteiger partial charge in [0, 0.05) is 34.2 Å². The Morgan fingerprint density at radius 1 is 0.900 bits per heavy atom. The van der Waals surface area contributed by atoms with Crippen molar-refractivity contribution in [3.8, 4) is 0 Å². The molecule has 1 aromatic rings. The van der Waals surface area contributed by atoms with Gasteiger partial charge in [-0.25, -0.2) is 0 Å². The van der Waals surface area contributed by atoms with Crippen LogP contribution in [-0.4, -0.2) is 49.2 Å². The molecule has 6 nitrogen and oxygen atoms in total. The normalized spacial score (nSPS) is 10.4. The van der Waals surface area contributed by atoms with E-state index in [4.69, 9.17) is 0 Å². The molecule has 6 heteroatoms. The Morgan fingerprint density at radius 2 is 1.60 bits per heavy atom. The van der Waals surface area contributed by atoms with Crippen molar-refractivity contribution in [3.05, 3.63) is 0 Å². The molecule has 0 unspecified atom stereocenters. The average Bonchev–Trinajstić information content (AvgIpc) is 2.44. The van der Waals surface area contributed by atoms with E-state index in [-0.39, 0.29) is 0 Å². The van der Waals surface area contributed by atoms with Crippen LogP contribution in [0.15, 0.2) is 0 Å². The van der Waals surface area contributed by atoms with Crippen molar-refractivity contribution in [2.24, 2.45) is 0 Å². The lowest BCUT2D eigenvalue weighted by atomic mass is 10.2. The summed E-state index contributed by atoms with van der Waals surface area (Å²) in [6, 6.07) is 0. The summed E-state index contributed by atoms with van der Waals surface area (Å²) in [6.07, 6.45) is 4.66. The lowest BCUT2D eigenvalue weighted by Gasteiger charge is -2.20. The molecule has 0 bridgehead atoms. The van der Waals surface area contributed by atoms with Crippen LogP contribution in [0.25, 0.3) is 0 Å². The minimum Gasteiger partial charge on any atom is -0.354 e. The number of anilines is 3.